The Bertz CT molecular complexity index is 1060. The molecule has 0 spiro atoms. The lowest BCUT2D eigenvalue weighted by atomic mass is 9.79. The van der Waals surface area contributed by atoms with Crippen molar-refractivity contribution in [1.29, 1.82) is 0 Å². The highest BCUT2D eigenvalue weighted by atomic mass is 35.5. The monoisotopic (exact) mass is 464 g/mol. The van der Waals surface area contributed by atoms with E-state index in [9.17, 15) is 4.79 Å². The predicted molar refractivity (Wildman–Crippen MR) is 122 cm³/mol. The van der Waals surface area contributed by atoms with Crippen LogP contribution in [0.2, 0.25) is 10.0 Å². The number of fused-ring (bicyclic) bond motifs is 4. The van der Waals surface area contributed by atoms with E-state index in [0.717, 1.165) is 16.8 Å². The summed E-state index contributed by atoms with van der Waals surface area (Å²) in [5, 5.41) is 4.62. The fourth-order valence-corrected chi connectivity index (χ4v) is 5.29. The van der Waals surface area contributed by atoms with Gasteiger partial charge in [0.05, 0.1) is 23.4 Å². The average molecular weight is 465 g/mol. The number of rotatable bonds is 3. The van der Waals surface area contributed by atoms with Gasteiger partial charge in [0, 0.05) is 10.6 Å². The lowest BCUT2D eigenvalue weighted by Gasteiger charge is -2.56. The minimum atomic E-state index is -1.15. The number of ether oxygens (including phenoxy) is 2. The smallest absolute Gasteiger partial charge is 0.317 e. The van der Waals surface area contributed by atoms with Crippen molar-refractivity contribution in [2.75, 3.05) is 11.5 Å². The molecule has 3 atom stereocenters. The summed E-state index contributed by atoms with van der Waals surface area (Å²) >= 11 is 18.5. The van der Waals surface area contributed by atoms with Crippen molar-refractivity contribution in [2.24, 2.45) is 5.92 Å². The van der Waals surface area contributed by atoms with Gasteiger partial charge in [0.1, 0.15) is 11.7 Å². The van der Waals surface area contributed by atoms with E-state index in [1.54, 1.807) is 19.1 Å². The fraction of sp³-hybridized carbons (Fsp3) is 0.364. The lowest BCUT2D eigenvalue weighted by Crippen LogP contribution is -2.72. The Morgan fingerprint density at radius 3 is 2.77 bits per heavy atom. The molecule has 1 saturated heterocycles. The van der Waals surface area contributed by atoms with E-state index in [1.165, 1.54) is 0 Å². The van der Waals surface area contributed by atoms with Crippen LogP contribution in [0, 0.1) is 19.8 Å². The summed E-state index contributed by atoms with van der Waals surface area (Å²) in [6.45, 7) is 7.94. The Hall–Kier alpha value is -2.02. The van der Waals surface area contributed by atoms with Gasteiger partial charge in [-0.05, 0) is 69.2 Å². The first-order chi connectivity index (χ1) is 14.2. The van der Waals surface area contributed by atoms with Crippen molar-refractivity contribution < 1.29 is 14.3 Å². The summed E-state index contributed by atoms with van der Waals surface area (Å²) in [6.07, 6.45) is 0. The van der Waals surface area contributed by atoms with E-state index in [1.807, 2.05) is 43.9 Å². The quantitative estimate of drug-likeness (QED) is 0.488. The van der Waals surface area contributed by atoms with Crippen LogP contribution in [0.3, 0.4) is 0 Å². The maximum absolute atomic E-state index is 13.2. The zero-order valence-corrected chi connectivity index (χ0v) is 19.4. The van der Waals surface area contributed by atoms with Crippen molar-refractivity contribution >= 4 is 52.2 Å². The summed E-state index contributed by atoms with van der Waals surface area (Å²) < 4.78 is 11.9. The number of carbonyl (C=O) groups excluding carboxylic acids is 1. The molecule has 1 N–H and O–H groups in total. The molecule has 2 heterocycles. The number of thiocarbonyl (C=S) groups is 1. The zero-order valence-electron chi connectivity index (χ0n) is 17.1. The van der Waals surface area contributed by atoms with E-state index >= 15 is 0 Å². The third-order valence-electron chi connectivity index (χ3n) is 5.87. The predicted octanol–water partition coefficient (Wildman–Crippen LogP) is 5.33. The molecule has 0 aliphatic carbocycles. The molecule has 8 heteroatoms. The molecule has 2 aliphatic rings. The molecule has 0 radical (unpaired) electrons. The third kappa shape index (κ3) is 3.13. The Morgan fingerprint density at radius 1 is 1.33 bits per heavy atom. The third-order valence-corrected chi connectivity index (χ3v) is 6.67. The topological polar surface area (TPSA) is 50.8 Å². The van der Waals surface area contributed by atoms with Gasteiger partial charge < -0.3 is 14.8 Å². The van der Waals surface area contributed by atoms with Gasteiger partial charge in [-0.3, -0.25) is 9.69 Å². The molecule has 158 valence electrons. The van der Waals surface area contributed by atoms with Crippen molar-refractivity contribution in [3.63, 3.8) is 0 Å². The van der Waals surface area contributed by atoms with Gasteiger partial charge >= 0.3 is 5.97 Å². The van der Waals surface area contributed by atoms with Crippen molar-refractivity contribution in [3.05, 3.63) is 57.1 Å². The highest BCUT2D eigenvalue weighted by molar-refractivity contribution is 7.80. The van der Waals surface area contributed by atoms with Crippen molar-refractivity contribution in [1.82, 2.24) is 5.32 Å². The summed E-state index contributed by atoms with van der Waals surface area (Å²) in [4.78, 5) is 15.0. The number of hydrogen-bond donors (Lipinski definition) is 1. The molecule has 30 heavy (non-hydrogen) atoms. The number of benzene rings is 2. The average Bonchev–Trinajstić information content (AvgIpc) is 2.66. The molecule has 0 amide bonds. The number of halogens is 2. The minimum absolute atomic E-state index is 0.259. The van der Waals surface area contributed by atoms with Gasteiger partial charge in [-0.2, -0.15) is 0 Å². The summed E-state index contributed by atoms with van der Waals surface area (Å²) in [5.74, 6) is -0.595. The van der Waals surface area contributed by atoms with E-state index in [2.05, 4.69) is 5.32 Å². The number of nitrogens with zero attached hydrogens (tertiary/aromatic N) is 1. The van der Waals surface area contributed by atoms with Gasteiger partial charge in [-0.1, -0.05) is 35.3 Å². The number of esters is 1. The first-order valence-electron chi connectivity index (χ1n) is 9.70. The maximum Gasteiger partial charge on any atom is 0.317 e. The molecular formula is C22H22Cl2N2O3S. The molecule has 2 aliphatic heterocycles. The van der Waals surface area contributed by atoms with Crippen LogP contribution in [0.15, 0.2) is 30.3 Å². The normalized spacial score (nSPS) is 24.6. The van der Waals surface area contributed by atoms with Crippen LogP contribution in [0.5, 0.6) is 5.75 Å². The van der Waals surface area contributed by atoms with Crippen LogP contribution in [-0.4, -0.2) is 23.4 Å². The molecule has 5 nitrogen and oxygen atoms in total. The number of hydrogen-bond acceptors (Lipinski definition) is 4. The SMILES string of the molecule is CCOC(=O)[C@H]1[C@H]2NC(=S)N(c3cccc(C)c3C)[C@@]1(C)Oc1c(Cl)cc(Cl)cc12. The summed E-state index contributed by atoms with van der Waals surface area (Å²) in [6, 6.07) is 8.85. The first-order valence-corrected chi connectivity index (χ1v) is 10.9. The highest BCUT2D eigenvalue weighted by Crippen LogP contribution is 2.53. The van der Waals surface area contributed by atoms with E-state index in [4.69, 9.17) is 44.9 Å². The van der Waals surface area contributed by atoms with Crippen LogP contribution in [0.25, 0.3) is 0 Å². The Kier molecular flexibility index (Phi) is 5.37. The highest BCUT2D eigenvalue weighted by Gasteiger charge is 2.60. The first kappa shape index (κ1) is 21.2. The Balaban J connectivity index is 1.96. The molecule has 4 rings (SSSR count). The number of carbonyl (C=O) groups is 1. The van der Waals surface area contributed by atoms with Gasteiger partial charge in [0.2, 0.25) is 5.72 Å². The molecular weight excluding hydrogens is 443 g/mol. The molecule has 0 saturated carbocycles. The molecule has 0 aromatic heterocycles. The Morgan fingerprint density at radius 2 is 2.07 bits per heavy atom. The van der Waals surface area contributed by atoms with E-state index in [-0.39, 0.29) is 12.6 Å². The van der Waals surface area contributed by atoms with Crippen LogP contribution in [0.1, 0.15) is 36.6 Å². The molecule has 1 fully saturated rings. The minimum Gasteiger partial charge on any atom is -0.466 e. The molecule has 2 aromatic carbocycles. The zero-order chi connectivity index (χ0) is 21.8. The van der Waals surface area contributed by atoms with Crippen LogP contribution >= 0.6 is 35.4 Å². The van der Waals surface area contributed by atoms with Gasteiger partial charge in [-0.25, -0.2) is 0 Å². The molecule has 2 aromatic rings. The summed E-state index contributed by atoms with van der Waals surface area (Å²) in [5.41, 5.74) is 2.54. The van der Waals surface area contributed by atoms with Crippen molar-refractivity contribution in [3.8, 4) is 5.75 Å². The fourth-order valence-electron chi connectivity index (χ4n) is 4.34. The lowest BCUT2D eigenvalue weighted by molar-refractivity contribution is -0.159. The summed E-state index contributed by atoms with van der Waals surface area (Å²) in [7, 11) is 0. The second-order valence-corrected chi connectivity index (χ2v) is 8.90. The number of nitrogens with one attached hydrogen (secondary N) is 1. The van der Waals surface area contributed by atoms with Gasteiger partial charge in [0.15, 0.2) is 5.11 Å². The maximum atomic E-state index is 13.2. The second kappa shape index (κ2) is 7.59. The number of aryl methyl sites for hydroxylation is 1. The Labute approximate surface area is 191 Å². The van der Waals surface area contributed by atoms with Crippen LogP contribution < -0.4 is 15.0 Å². The molecule has 0 unspecified atom stereocenters. The number of anilines is 1. The van der Waals surface area contributed by atoms with E-state index < -0.39 is 17.7 Å². The van der Waals surface area contributed by atoms with E-state index in [0.29, 0.717) is 26.5 Å². The van der Waals surface area contributed by atoms with Crippen LogP contribution in [0.4, 0.5) is 5.69 Å². The molecule has 2 bridgehead atoms. The second-order valence-electron chi connectivity index (χ2n) is 7.67. The van der Waals surface area contributed by atoms with Crippen molar-refractivity contribution in [2.45, 2.75) is 39.5 Å². The van der Waals surface area contributed by atoms with Crippen LogP contribution in [-0.2, 0) is 9.53 Å². The largest absolute Gasteiger partial charge is 0.466 e. The van der Waals surface area contributed by atoms with Gasteiger partial charge in [-0.15, -0.1) is 0 Å². The van der Waals surface area contributed by atoms with Gasteiger partial charge in [0.25, 0.3) is 0 Å². The standard InChI is InChI=1S/C22H22Cl2N2O3S/c1-5-28-20(27)17-18-14-9-13(23)10-15(24)19(14)29-22(17,4)26(21(30)25-18)16-8-6-7-11(2)12(16)3/h6-10,17-18H,5H2,1-4H3,(H,25,30)/t17-,18+,22+/m1/s1.